The number of nitrogens with two attached hydrogens (primary N) is 2. The smallest absolute Gasteiger partial charge is 0.268 e. The molecule has 4 aromatic rings. The predicted molar refractivity (Wildman–Crippen MR) is 144 cm³/mol. The van der Waals surface area contributed by atoms with Gasteiger partial charge in [0.15, 0.2) is 5.82 Å². The molecule has 9 nitrogen and oxygen atoms in total. The Morgan fingerprint density at radius 1 is 1.15 bits per heavy atom. The molecular weight excluding hydrogens is 497 g/mol. The fourth-order valence-corrected chi connectivity index (χ4v) is 5.36. The van der Waals surface area contributed by atoms with Crippen LogP contribution in [0.5, 0.6) is 5.75 Å². The first-order valence-electron chi connectivity index (χ1n) is 12.6. The van der Waals surface area contributed by atoms with Crippen molar-refractivity contribution in [3.05, 3.63) is 71.4 Å². The Labute approximate surface area is 225 Å². The predicted octanol–water partition coefficient (Wildman–Crippen LogP) is 4.31. The number of aryl methyl sites for hydroxylation is 1. The standard InChI is InChI=1S/C29H28FN7O2/c1-37-27(18(13-31)14-35-37)17-8-11-20(21(12-17)16-6-9-19(32)10-7-16)22-15-34-29(36-26(22)28(33)38)25-23(30)4-3-5-24(25)39-2/h3-5,8,11-12,14-16,19H,6-7,9-10,32H2,1-2H3,(H2,33,38)/t16-,19+. The summed E-state index contributed by atoms with van der Waals surface area (Å²) < 4.78 is 21.7. The van der Waals surface area contributed by atoms with E-state index in [-0.39, 0.29) is 34.8 Å². The van der Waals surface area contributed by atoms with Crippen molar-refractivity contribution in [1.82, 2.24) is 19.7 Å². The monoisotopic (exact) mass is 525 g/mol. The molecule has 1 fully saturated rings. The van der Waals surface area contributed by atoms with Crippen molar-refractivity contribution in [2.24, 2.45) is 18.5 Å². The normalized spacial score (nSPS) is 17.0. The average Bonchev–Trinajstić information content (AvgIpc) is 3.33. The highest BCUT2D eigenvalue weighted by Crippen LogP contribution is 2.41. The van der Waals surface area contributed by atoms with E-state index in [9.17, 15) is 14.4 Å². The van der Waals surface area contributed by atoms with Crippen LogP contribution in [-0.2, 0) is 7.05 Å². The third-order valence-corrected chi connectivity index (χ3v) is 7.33. The summed E-state index contributed by atoms with van der Waals surface area (Å²) in [7, 11) is 3.21. The van der Waals surface area contributed by atoms with E-state index in [4.69, 9.17) is 16.2 Å². The van der Waals surface area contributed by atoms with Crippen LogP contribution in [0.1, 0.15) is 53.2 Å². The van der Waals surface area contributed by atoms with Gasteiger partial charge in [0.2, 0.25) is 0 Å². The molecule has 39 heavy (non-hydrogen) atoms. The SMILES string of the molecule is COc1cccc(F)c1-c1ncc(-c2ccc(-c3c(C#N)cnn3C)cc2[C@H]2CC[C@@H](N)CC2)c(C(N)=O)n1. The van der Waals surface area contributed by atoms with Gasteiger partial charge in [0.25, 0.3) is 5.91 Å². The molecule has 10 heteroatoms. The molecule has 2 aromatic heterocycles. The number of rotatable bonds is 6. The van der Waals surface area contributed by atoms with Gasteiger partial charge in [0.05, 0.1) is 30.1 Å². The van der Waals surface area contributed by atoms with E-state index in [1.165, 1.54) is 31.6 Å². The molecule has 1 amide bonds. The highest BCUT2D eigenvalue weighted by Gasteiger charge is 2.27. The van der Waals surface area contributed by atoms with Crippen molar-refractivity contribution >= 4 is 5.91 Å². The third kappa shape index (κ3) is 4.84. The topological polar surface area (TPSA) is 146 Å². The van der Waals surface area contributed by atoms with Crippen molar-refractivity contribution in [3.63, 3.8) is 0 Å². The summed E-state index contributed by atoms with van der Waals surface area (Å²) in [5.74, 6) is -0.941. The number of methoxy groups -OCH3 is 1. The van der Waals surface area contributed by atoms with Crippen LogP contribution in [-0.4, -0.2) is 38.8 Å². The zero-order valence-corrected chi connectivity index (χ0v) is 21.7. The molecule has 5 rings (SSSR count). The van der Waals surface area contributed by atoms with Crippen LogP contribution in [0.15, 0.2) is 48.8 Å². The molecule has 0 saturated heterocycles. The number of nitrogens with zero attached hydrogens (tertiary/aromatic N) is 5. The zero-order chi connectivity index (χ0) is 27.7. The summed E-state index contributed by atoms with van der Waals surface area (Å²) in [4.78, 5) is 21.5. The van der Waals surface area contributed by atoms with E-state index in [1.807, 2.05) is 18.2 Å². The molecule has 198 valence electrons. The minimum Gasteiger partial charge on any atom is -0.496 e. The maximum Gasteiger partial charge on any atom is 0.268 e. The van der Waals surface area contributed by atoms with Gasteiger partial charge in [-0.1, -0.05) is 18.2 Å². The molecular formula is C29H28FN7O2. The van der Waals surface area contributed by atoms with Gasteiger partial charge in [-0.3, -0.25) is 9.48 Å². The molecule has 0 radical (unpaired) electrons. The Hall–Kier alpha value is -4.62. The number of amides is 1. The van der Waals surface area contributed by atoms with Crippen LogP contribution in [0.4, 0.5) is 4.39 Å². The fraction of sp³-hybridized carbons (Fsp3) is 0.276. The Kier molecular flexibility index (Phi) is 7.09. The second kappa shape index (κ2) is 10.6. The van der Waals surface area contributed by atoms with Gasteiger partial charge >= 0.3 is 0 Å². The molecule has 0 unspecified atom stereocenters. The number of hydrogen-bond donors (Lipinski definition) is 2. The zero-order valence-electron chi connectivity index (χ0n) is 21.7. The van der Waals surface area contributed by atoms with Gasteiger partial charge in [-0.05, 0) is 60.9 Å². The van der Waals surface area contributed by atoms with Crippen LogP contribution in [0.25, 0.3) is 33.8 Å². The van der Waals surface area contributed by atoms with Gasteiger partial charge in [-0.15, -0.1) is 0 Å². The van der Waals surface area contributed by atoms with Crippen LogP contribution in [0.3, 0.4) is 0 Å². The van der Waals surface area contributed by atoms with Gasteiger partial charge in [-0.25, -0.2) is 14.4 Å². The van der Waals surface area contributed by atoms with Crippen molar-refractivity contribution in [2.75, 3.05) is 7.11 Å². The fourth-order valence-electron chi connectivity index (χ4n) is 5.36. The molecule has 0 atom stereocenters. The Morgan fingerprint density at radius 2 is 1.92 bits per heavy atom. The second-order valence-electron chi connectivity index (χ2n) is 9.69. The Bertz CT molecular complexity index is 1600. The molecule has 2 heterocycles. The molecule has 0 aliphatic heterocycles. The lowest BCUT2D eigenvalue weighted by molar-refractivity contribution is 0.0996. The van der Waals surface area contributed by atoms with Gasteiger partial charge in [0, 0.05) is 30.4 Å². The lowest BCUT2D eigenvalue weighted by Gasteiger charge is -2.28. The minimum atomic E-state index is -0.761. The molecule has 4 N–H and O–H groups in total. The van der Waals surface area contributed by atoms with Crippen molar-refractivity contribution in [2.45, 2.75) is 37.6 Å². The second-order valence-corrected chi connectivity index (χ2v) is 9.69. The first-order valence-corrected chi connectivity index (χ1v) is 12.6. The Balaban J connectivity index is 1.69. The highest BCUT2D eigenvalue weighted by molar-refractivity contribution is 5.99. The third-order valence-electron chi connectivity index (χ3n) is 7.33. The van der Waals surface area contributed by atoms with E-state index < -0.39 is 11.7 Å². The molecule has 1 aliphatic carbocycles. The van der Waals surface area contributed by atoms with E-state index in [2.05, 4.69) is 21.1 Å². The number of aromatic nitrogens is 4. The largest absolute Gasteiger partial charge is 0.496 e. The number of hydrogen-bond acceptors (Lipinski definition) is 7. The maximum atomic E-state index is 14.8. The van der Waals surface area contributed by atoms with Crippen LogP contribution in [0.2, 0.25) is 0 Å². The van der Waals surface area contributed by atoms with Crippen molar-refractivity contribution in [3.8, 4) is 45.6 Å². The summed E-state index contributed by atoms with van der Waals surface area (Å²) >= 11 is 0. The van der Waals surface area contributed by atoms with Crippen molar-refractivity contribution in [1.29, 1.82) is 5.26 Å². The summed E-state index contributed by atoms with van der Waals surface area (Å²) in [5, 5.41) is 13.9. The molecule has 0 bridgehead atoms. The van der Waals surface area contributed by atoms with Gasteiger partial charge in [0.1, 0.15) is 23.3 Å². The number of nitriles is 1. The number of carbonyl (C=O) groups is 1. The first kappa shape index (κ1) is 26.0. The van der Waals surface area contributed by atoms with E-state index in [0.717, 1.165) is 42.4 Å². The maximum absolute atomic E-state index is 14.8. The van der Waals surface area contributed by atoms with E-state index >= 15 is 0 Å². The van der Waals surface area contributed by atoms with E-state index in [0.29, 0.717) is 16.8 Å². The average molecular weight is 526 g/mol. The van der Waals surface area contributed by atoms with Crippen LogP contribution >= 0.6 is 0 Å². The molecule has 1 aliphatic rings. The number of benzene rings is 2. The van der Waals surface area contributed by atoms with Gasteiger partial charge in [-0.2, -0.15) is 10.4 Å². The minimum absolute atomic E-state index is 0.00198. The highest BCUT2D eigenvalue weighted by atomic mass is 19.1. The number of primary amides is 1. The number of halogens is 1. The molecule has 2 aromatic carbocycles. The summed E-state index contributed by atoms with van der Waals surface area (Å²) in [5.41, 5.74) is 16.2. The quantitative estimate of drug-likeness (QED) is 0.381. The van der Waals surface area contributed by atoms with E-state index in [1.54, 1.807) is 17.8 Å². The summed E-state index contributed by atoms with van der Waals surface area (Å²) in [6, 6.07) is 12.5. The van der Waals surface area contributed by atoms with Gasteiger partial charge < -0.3 is 16.2 Å². The first-order chi connectivity index (χ1) is 18.8. The molecule has 0 spiro atoms. The number of carbonyl (C=O) groups excluding carboxylic acids is 1. The lowest BCUT2D eigenvalue weighted by Crippen LogP contribution is -2.26. The molecule has 1 saturated carbocycles. The Morgan fingerprint density at radius 3 is 2.62 bits per heavy atom. The van der Waals surface area contributed by atoms with Crippen LogP contribution < -0.4 is 16.2 Å². The van der Waals surface area contributed by atoms with Crippen molar-refractivity contribution < 1.29 is 13.9 Å². The lowest BCUT2D eigenvalue weighted by atomic mass is 9.78. The van der Waals surface area contributed by atoms with Crippen LogP contribution in [0, 0.1) is 17.1 Å². The number of ether oxygens (including phenoxy) is 1. The summed E-state index contributed by atoms with van der Waals surface area (Å²) in [6.45, 7) is 0. The summed E-state index contributed by atoms with van der Waals surface area (Å²) in [6.07, 6.45) is 6.52.